The van der Waals surface area contributed by atoms with Gasteiger partial charge in [0.15, 0.2) is 0 Å². The average Bonchev–Trinajstić information content (AvgIpc) is 2.88. The normalized spacial score (nSPS) is 28.9. The third kappa shape index (κ3) is 3.86. The summed E-state index contributed by atoms with van der Waals surface area (Å²) in [7, 11) is -1.17. The van der Waals surface area contributed by atoms with Crippen molar-refractivity contribution in [3.8, 4) is 0 Å². The number of aliphatic hydroxyl groups is 1. The molecule has 2 aliphatic carbocycles. The molecular formula is C21H30OSi. The predicted molar refractivity (Wildman–Crippen MR) is 102 cm³/mol. The molecule has 124 valence electrons. The van der Waals surface area contributed by atoms with Gasteiger partial charge in [-0.05, 0) is 61.1 Å². The third-order valence-corrected chi connectivity index (χ3v) is 6.34. The minimum absolute atomic E-state index is 0.283. The van der Waals surface area contributed by atoms with Crippen LogP contribution < -0.4 is 0 Å². The van der Waals surface area contributed by atoms with E-state index < -0.39 is 8.07 Å². The van der Waals surface area contributed by atoms with Gasteiger partial charge in [-0.25, -0.2) is 0 Å². The quantitative estimate of drug-likeness (QED) is 0.572. The Bertz CT molecular complexity index is 621. The molecule has 23 heavy (non-hydrogen) atoms. The molecule has 2 heteroatoms. The first kappa shape index (κ1) is 16.7. The van der Waals surface area contributed by atoms with Crippen LogP contribution in [0, 0.1) is 5.92 Å². The Labute approximate surface area is 142 Å². The summed E-state index contributed by atoms with van der Waals surface area (Å²) in [6.07, 6.45) is 8.92. The monoisotopic (exact) mass is 326 g/mol. The Morgan fingerprint density at radius 2 is 1.78 bits per heavy atom. The molecule has 0 aromatic heterocycles. The summed E-state index contributed by atoms with van der Waals surface area (Å²) in [6, 6.07) is 8.73. The van der Waals surface area contributed by atoms with Crippen LogP contribution in [0.25, 0.3) is 5.57 Å². The van der Waals surface area contributed by atoms with Gasteiger partial charge in [0.2, 0.25) is 0 Å². The number of rotatable bonds is 2. The molecule has 0 bridgehead atoms. The van der Waals surface area contributed by atoms with Crippen molar-refractivity contribution in [3.05, 3.63) is 52.7 Å². The maximum atomic E-state index is 10.8. The number of aliphatic hydroxyl groups excluding tert-OH is 1. The molecule has 1 aromatic carbocycles. The van der Waals surface area contributed by atoms with E-state index in [1.807, 2.05) is 0 Å². The van der Waals surface area contributed by atoms with E-state index in [2.05, 4.69) is 55.7 Å². The van der Waals surface area contributed by atoms with Crippen LogP contribution >= 0.6 is 0 Å². The van der Waals surface area contributed by atoms with Gasteiger partial charge >= 0.3 is 0 Å². The lowest BCUT2D eigenvalue weighted by Crippen LogP contribution is -2.17. The van der Waals surface area contributed by atoms with Crippen LogP contribution in [0.5, 0.6) is 0 Å². The molecule has 0 aliphatic heterocycles. The first-order chi connectivity index (χ1) is 11.0. The molecular weight excluding hydrogens is 296 g/mol. The second-order valence-corrected chi connectivity index (χ2v) is 13.3. The van der Waals surface area contributed by atoms with E-state index in [0.717, 1.165) is 25.7 Å². The van der Waals surface area contributed by atoms with Crippen LogP contribution in [0.15, 0.2) is 41.6 Å². The summed E-state index contributed by atoms with van der Waals surface area (Å²) >= 11 is 0. The molecule has 0 saturated heterocycles. The lowest BCUT2D eigenvalue weighted by Gasteiger charge is -2.21. The van der Waals surface area contributed by atoms with Gasteiger partial charge in [0.25, 0.3) is 0 Å². The molecule has 2 aliphatic rings. The highest BCUT2D eigenvalue weighted by Gasteiger charge is 2.29. The van der Waals surface area contributed by atoms with Crippen LogP contribution in [-0.4, -0.2) is 19.3 Å². The van der Waals surface area contributed by atoms with E-state index in [1.54, 1.807) is 0 Å². The van der Waals surface area contributed by atoms with E-state index in [9.17, 15) is 5.11 Å². The van der Waals surface area contributed by atoms with E-state index in [0.29, 0.717) is 5.92 Å². The molecule has 1 fully saturated rings. The second kappa shape index (κ2) is 6.78. The molecule has 0 heterocycles. The summed E-state index contributed by atoms with van der Waals surface area (Å²) in [5.41, 5.74) is 8.01. The Morgan fingerprint density at radius 1 is 1.04 bits per heavy atom. The molecule has 1 aromatic rings. The number of benzene rings is 1. The van der Waals surface area contributed by atoms with Gasteiger partial charge in [0.05, 0.1) is 14.2 Å². The third-order valence-electron chi connectivity index (χ3n) is 5.15. The van der Waals surface area contributed by atoms with E-state index in [4.69, 9.17) is 0 Å². The smallest absolute Gasteiger partial charge is 0.0795 e. The minimum Gasteiger partial charge on any atom is -0.388 e. The largest absolute Gasteiger partial charge is 0.388 e. The lowest BCUT2D eigenvalue weighted by molar-refractivity contribution is 0.219. The maximum Gasteiger partial charge on any atom is 0.0795 e. The second-order valence-electron chi connectivity index (χ2n) is 8.23. The highest BCUT2D eigenvalue weighted by atomic mass is 28.3. The number of allylic oxidation sites excluding steroid dienone is 2. The molecule has 0 amide bonds. The van der Waals surface area contributed by atoms with Crippen LogP contribution in [0.2, 0.25) is 19.6 Å². The fraction of sp³-hybridized carbons (Fsp3) is 0.524. The van der Waals surface area contributed by atoms with Crippen molar-refractivity contribution >= 4 is 13.6 Å². The molecule has 2 atom stereocenters. The Kier molecular flexibility index (Phi) is 4.93. The zero-order chi connectivity index (χ0) is 16.4. The summed E-state index contributed by atoms with van der Waals surface area (Å²) in [5.74, 6) is 0.539. The van der Waals surface area contributed by atoms with E-state index in [1.165, 1.54) is 35.1 Å². The van der Waals surface area contributed by atoms with Gasteiger partial charge in [-0.3, -0.25) is 0 Å². The van der Waals surface area contributed by atoms with Gasteiger partial charge in [0.1, 0.15) is 0 Å². The van der Waals surface area contributed by atoms with Crippen molar-refractivity contribution in [2.24, 2.45) is 5.92 Å². The fourth-order valence-corrected chi connectivity index (χ4v) is 4.83. The van der Waals surface area contributed by atoms with Crippen LogP contribution in [0.1, 0.15) is 43.2 Å². The Hall–Kier alpha value is -1.12. The number of hydrogen-bond acceptors (Lipinski definition) is 1. The summed E-state index contributed by atoms with van der Waals surface area (Å²) in [4.78, 5) is 0. The predicted octanol–water partition coefficient (Wildman–Crippen LogP) is 5.37. The molecule has 2 unspecified atom stereocenters. The molecule has 0 radical (unpaired) electrons. The number of aryl methyl sites for hydroxylation is 1. The molecule has 1 N–H and O–H groups in total. The van der Waals surface area contributed by atoms with Crippen molar-refractivity contribution in [1.29, 1.82) is 0 Å². The van der Waals surface area contributed by atoms with Gasteiger partial charge in [-0.2, -0.15) is 0 Å². The van der Waals surface area contributed by atoms with Crippen molar-refractivity contribution in [2.45, 2.75) is 64.3 Å². The number of hydrogen-bond donors (Lipinski definition) is 1. The SMILES string of the molecule is C[Si](C)(C)/C=C/C1CCC/C1=C1/c2ccccc2CCCC1O. The van der Waals surface area contributed by atoms with E-state index in [-0.39, 0.29) is 6.10 Å². The lowest BCUT2D eigenvalue weighted by atomic mass is 9.88. The topological polar surface area (TPSA) is 20.2 Å². The van der Waals surface area contributed by atoms with Crippen LogP contribution in [0.3, 0.4) is 0 Å². The first-order valence-corrected chi connectivity index (χ1v) is 12.7. The van der Waals surface area contributed by atoms with Crippen LogP contribution in [-0.2, 0) is 6.42 Å². The Balaban J connectivity index is 2.05. The summed E-state index contributed by atoms with van der Waals surface area (Å²) in [6.45, 7) is 7.17. The zero-order valence-corrected chi connectivity index (χ0v) is 15.8. The standard InChI is InChI=1S/C21H30OSi/c1-23(2,3)15-14-17-9-6-12-19(17)21-18-11-5-4-8-16(18)10-7-13-20(21)22/h4-5,8,11,14-15,17,20,22H,6-7,9-10,12-13H2,1-3H3/b15-14+,21-19+. The van der Waals surface area contributed by atoms with Gasteiger partial charge < -0.3 is 5.11 Å². The highest BCUT2D eigenvalue weighted by Crippen LogP contribution is 2.42. The average molecular weight is 327 g/mol. The molecule has 3 rings (SSSR count). The summed E-state index contributed by atoms with van der Waals surface area (Å²) in [5, 5.41) is 10.8. The summed E-state index contributed by atoms with van der Waals surface area (Å²) < 4.78 is 0. The fourth-order valence-electron chi connectivity index (χ4n) is 4.02. The van der Waals surface area contributed by atoms with Gasteiger partial charge in [-0.15, -0.1) is 0 Å². The van der Waals surface area contributed by atoms with E-state index >= 15 is 0 Å². The minimum atomic E-state index is -1.17. The van der Waals surface area contributed by atoms with Crippen molar-refractivity contribution in [1.82, 2.24) is 0 Å². The van der Waals surface area contributed by atoms with Gasteiger partial charge in [0, 0.05) is 0 Å². The Morgan fingerprint density at radius 3 is 2.57 bits per heavy atom. The first-order valence-electron chi connectivity index (χ1n) is 9.14. The van der Waals surface area contributed by atoms with Crippen molar-refractivity contribution in [2.75, 3.05) is 0 Å². The van der Waals surface area contributed by atoms with Crippen molar-refractivity contribution < 1.29 is 5.11 Å². The number of fused-ring (bicyclic) bond motifs is 1. The van der Waals surface area contributed by atoms with Gasteiger partial charge in [-0.1, -0.05) is 61.3 Å². The van der Waals surface area contributed by atoms with Crippen molar-refractivity contribution in [3.63, 3.8) is 0 Å². The zero-order valence-electron chi connectivity index (χ0n) is 14.8. The molecule has 1 nitrogen and oxygen atoms in total. The molecule has 0 spiro atoms. The molecule has 1 saturated carbocycles. The van der Waals surface area contributed by atoms with Crippen LogP contribution in [0.4, 0.5) is 0 Å². The highest BCUT2D eigenvalue weighted by molar-refractivity contribution is 6.80. The maximum absolute atomic E-state index is 10.8.